The van der Waals surface area contributed by atoms with E-state index in [9.17, 15) is 0 Å². The number of nitrogens with zero attached hydrogens (tertiary/aromatic N) is 1. The van der Waals surface area contributed by atoms with Gasteiger partial charge in [0.25, 0.3) is 0 Å². The van der Waals surface area contributed by atoms with E-state index in [2.05, 4.69) is 6.07 Å². The van der Waals surface area contributed by atoms with Crippen LogP contribution in [0.2, 0.25) is 0 Å². The molecule has 0 aromatic heterocycles. The highest BCUT2D eigenvalue weighted by Gasteiger charge is 2.16. The first kappa shape index (κ1) is 12.0. The van der Waals surface area contributed by atoms with Gasteiger partial charge in [0, 0.05) is 6.42 Å². The third-order valence-electron chi connectivity index (χ3n) is 1.67. The molecule has 1 unspecified atom stereocenters. The maximum Gasteiger partial charge on any atom is 0.105 e. The highest BCUT2D eigenvalue weighted by atomic mass is 35.5. The zero-order chi connectivity index (χ0) is 9.03. The van der Waals surface area contributed by atoms with Crippen molar-refractivity contribution >= 4 is 12.4 Å². The number of rotatable bonds is 2. The molecule has 70 valence electrons. The smallest absolute Gasteiger partial charge is 0.105 e. The Balaban J connectivity index is 0.00000144. The fourth-order valence-corrected chi connectivity index (χ4v) is 1.06. The van der Waals surface area contributed by atoms with E-state index >= 15 is 0 Å². The number of nitrogens with two attached hydrogens (primary N) is 1. The molecule has 1 rings (SSSR count). The summed E-state index contributed by atoms with van der Waals surface area (Å²) < 4.78 is 0. The van der Waals surface area contributed by atoms with Gasteiger partial charge >= 0.3 is 0 Å². The van der Waals surface area contributed by atoms with E-state index in [0.717, 1.165) is 5.56 Å². The summed E-state index contributed by atoms with van der Waals surface area (Å²) in [6, 6.07) is 11.9. The molecule has 0 bridgehead atoms. The number of hydrogen-bond acceptors (Lipinski definition) is 2. The Morgan fingerprint density at radius 2 is 1.92 bits per heavy atom. The lowest BCUT2D eigenvalue weighted by molar-refractivity contribution is 0.596. The van der Waals surface area contributed by atoms with Crippen molar-refractivity contribution in [3.63, 3.8) is 0 Å². The Kier molecular flexibility index (Phi) is 4.47. The first-order chi connectivity index (χ1) is 5.64. The van der Waals surface area contributed by atoms with Crippen LogP contribution in [0.5, 0.6) is 0 Å². The van der Waals surface area contributed by atoms with Gasteiger partial charge in [0.05, 0.1) is 6.07 Å². The Morgan fingerprint density at radius 3 is 2.38 bits per heavy atom. The minimum absolute atomic E-state index is 0. The van der Waals surface area contributed by atoms with E-state index < -0.39 is 5.54 Å². The minimum Gasteiger partial charge on any atom is -0.313 e. The van der Waals surface area contributed by atoms with Crippen molar-refractivity contribution in [1.29, 1.82) is 5.26 Å². The van der Waals surface area contributed by atoms with Crippen LogP contribution < -0.4 is 5.73 Å². The zero-order valence-corrected chi connectivity index (χ0v) is 8.34. The first-order valence-electron chi connectivity index (χ1n) is 3.88. The molecule has 0 saturated carbocycles. The van der Waals surface area contributed by atoms with Crippen LogP contribution in [0.25, 0.3) is 0 Å². The molecule has 0 aliphatic carbocycles. The molecule has 3 heteroatoms. The molecule has 0 radical (unpaired) electrons. The average Bonchev–Trinajstić information content (AvgIpc) is 2.06. The topological polar surface area (TPSA) is 49.8 Å². The SMILES string of the molecule is CC(N)(C#N)Cc1ccccc1.Cl. The predicted octanol–water partition coefficient (Wildman–Crippen LogP) is 1.89. The third kappa shape index (κ3) is 3.93. The molecule has 13 heavy (non-hydrogen) atoms. The van der Waals surface area contributed by atoms with Crippen molar-refractivity contribution in [2.24, 2.45) is 5.73 Å². The first-order valence-corrected chi connectivity index (χ1v) is 3.88. The Morgan fingerprint density at radius 1 is 1.38 bits per heavy atom. The summed E-state index contributed by atoms with van der Waals surface area (Å²) in [4.78, 5) is 0. The van der Waals surface area contributed by atoms with Crippen LogP contribution in [0.3, 0.4) is 0 Å². The number of halogens is 1. The molecule has 0 fully saturated rings. The third-order valence-corrected chi connectivity index (χ3v) is 1.67. The molecule has 2 nitrogen and oxygen atoms in total. The summed E-state index contributed by atoms with van der Waals surface area (Å²) in [5.41, 5.74) is 6.04. The normalized spacial score (nSPS) is 13.6. The van der Waals surface area contributed by atoms with Gasteiger partial charge in [0.1, 0.15) is 5.54 Å². The quantitative estimate of drug-likeness (QED) is 0.786. The fourth-order valence-electron chi connectivity index (χ4n) is 1.06. The van der Waals surface area contributed by atoms with Crippen LogP contribution in [0.4, 0.5) is 0 Å². The monoisotopic (exact) mass is 196 g/mol. The van der Waals surface area contributed by atoms with E-state index in [1.54, 1.807) is 6.92 Å². The second-order valence-corrected chi connectivity index (χ2v) is 3.19. The van der Waals surface area contributed by atoms with Gasteiger partial charge in [-0.3, -0.25) is 0 Å². The van der Waals surface area contributed by atoms with Crippen LogP contribution in [0.1, 0.15) is 12.5 Å². The number of benzene rings is 1. The molecule has 0 saturated heterocycles. The summed E-state index contributed by atoms with van der Waals surface area (Å²) in [6.07, 6.45) is 0.602. The van der Waals surface area contributed by atoms with Gasteiger partial charge in [-0.05, 0) is 12.5 Å². The molecule has 1 aromatic rings. The van der Waals surface area contributed by atoms with Gasteiger partial charge in [0.15, 0.2) is 0 Å². The average molecular weight is 197 g/mol. The maximum absolute atomic E-state index is 8.68. The summed E-state index contributed by atoms with van der Waals surface area (Å²) in [6.45, 7) is 1.74. The molecule has 0 heterocycles. The Hall–Kier alpha value is -1.04. The van der Waals surface area contributed by atoms with Crippen molar-refractivity contribution < 1.29 is 0 Å². The molecule has 1 atom stereocenters. The van der Waals surface area contributed by atoms with Crippen molar-refractivity contribution in [3.05, 3.63) is 35.9 Å². The van der Waals surface area contributed by atoms with Crippen molar-refractivity contribution in [1.82, 2.24) is 0 Å². The second-order valence-electron chi connectivity index (χ2n) is 3.19. The zero-order valence-electron chi connectivity index (χ0n) is 7.53. The van der Waals surface area contributed by atoms with Crippen molar-refractivity contribution in [2.75, 3.05) is 0 Å². The van der Waals surface area contributed by atoms with Crippen molar-refractivity contribution in [2.45, 2.75) is 18.9 Å². The lowest BCUT2D eigenvalue weighted by atomic mass is 9.96. The molecule has 0 spiro atoms. The Labute approximate surface area is 84.8 Å². The molecule has 2 N–H and O–H groups in total. The largest absolute Gasteiger partial charge is 0.313 e. The Bertz CT molecular complexity index is 288. The maximum atomic E-state index is 8.68. The second kappa shape index (κ2) is 4.86. The molecular formula is C10H13ClN2. The molecular weight excluding hydrogens is 184 g/mol. The van der Waals surface area contributed by atoms with Crippen LogP contribution in [0.15, 0.2) is 30.3 Å². The summed E-state index contributed by atoms with van der Waals surface area (Å²) >= 11 is 0. The number of nitriles is 1. The molecule has 0 aliphatic heterocycles. The van der Waals surface area contributed by atoms with E-state index in [1.807, 2.05) is 30.3 Å². The van der Waals surface area contributed by atoms with Gasteiger partial charge in [-0.15, -0.1) is 12.4 Å². The van der Waals surface area contributed by atoms with Crippen LogP contribution >= 0.6 is 12.4 Å². The lowest BCUT2D eigenvalue weighted by Crippen LogP contribution is -2.36. The van der Waals surface area contributed by atoms with Gasteiger partial charge in [-0.1, -0.05) is 30.3 Å². The van der Waals surface area contributed by atoms with Crippen LogP contribution in [-0.2, 0) is 6.42 Å². The van der Waals surface area contributed by atoms with Gasteiger partial charge in [0.2, 0.25) is 0 Å². The van der Waals surface area contributed by atoms with Gasteiger partial charge < -0.3 is 5.73 Å². The van der Waals surface area contributed by atoms with Crippen LogP contribution in [-0.4, -0.2) is 5.54 Å². The van der Waals surface area contributed by atoms with E-state index in [1.165, 1.54) is 0 Å². The van der Waals surface area contributed by atoms with Gasteiger partial charge in [-0.25, -0.2) is 0 Å². The van der Waals surface area contributed by atoms with E-state index in [4.69, 9.17) is 11.0 Å². The lowest BCUT2D eigenvalue weighted by Gasteiger charge is -2.14. The summed E-state index contributed by atoms with van der Waals surface area (Å²) in [7, 11) is 0. The van der Waals surface area contributed by atoms with Crippen LogP contribution in [0, 0.1) is 11.3 Å². The highest BCUT2D eigenvalue weighted by molar-refractivity contribution is 5.85. The number of hydrogen-bond donors (Lipinski definition) is 1. The summed E-state index contributed by atoms with van der Waals surface area (Å²) in [5.74, 6) is 0. The minimum atomic E-state index is -0.749. The predicted molar refractivity (Wildman–Crippen MR) is 55.6 cm³/mol. The molecule has 1 aromatic carbocycles. The summed E-state index contributed by atoms with van der Waals surface area (Å²) in [5, 5.41) is 8.68. The fraction of sp³-hybridized carbons (Fsp3) is 0.300. The van der Waals surface area contributed by atoms with E-state index in [-0.39, 0.29) is 12.4 Å². The van der Waals surface area contributed by atoms with Gasteiger partial charge in [-0.2, -0.15) is 5.26 Å². The highest BCUT2D eigenvalue weighted by Crippen LogP contribution is 2.08. The molecule has 0 aliphatic rings. The molecule has 0 amide bonds. The van der Waals surface area contributed by atoms with E-state index in [0.29, 0.717) is 6.42 Å². The van der Waals surface area contributed by atoms with Crippen molar-refractivity contribution in [3.8, 4) is 6.07 Å². The standard InChI is InChI=1S/C10H12N2.ClH/c1-10(12,8-11)7-9-5-3-2-4-6-9;/h2-6H,7,12H2,1H3;1H.